The number of rotatable bonds is 2. The van der Waals surface area contributed by atoms with E-state index >= 15 is 0 Å². The van der Waals surface area contributed by atoms with Crippen LogP contribution in [-0.2, 0) is 4.74 Å². The SMILES string of the molecule is CC(C)C1CCC(C2C=C(C(C)(C)C)CO2)C1. The van der Waals surface area contributed by atoms with Gasteiger partial charge in [-0.1, -0.05) is 40.7 Å². The minimum atomic E-state index is 0.283. The standard InChI is InChI=1S/C16H28O/c1-11(2)12-6-7-13(8-12)15-9-14(10-17-15)16(3,4)5/h9,11-13,15H,6-8,10H2,1-5H3. The highest BCUT2D eigenvalue weighted by atomic mass is 16.5. The first-order valence-corrected chi connectivity index (χ1v) is 7.20. The van der Waals surface area contributed by atoms with Gasteiger partial charge in [-0.05, 0) is 48.0 Å². The van der Waals surface area contributed by atoms with Crippen molar-refractivity contribution in [1.82, 2.24) is 0 Å². The zero-order valence-corrected chi connectivity index (χ0v) is 12.1. The van der Waals surface area contributed by atoms with Gasteiger partial charge in [0.2, 0.25) is 0 Å². The van der Waals surface area contributed by atoms with E-state index in [4.69, 9.17) is 4.74 Å². The largest absolute Gasteiger partial charge is 0.369 e. The molecular formula is C16H28O. The van der Waals surface area contributed by atoms with Crippen LogP contribution in [0.4, 0.5) is 0 Å². The molecule has 0 amide bonds. The fourth-order valence-electron chi connectivity index (χ4n) is 3.18. The van der Waals surface area contributed by atoms with E-state index in [1.807, 2.05) is 0 Å². The van der Waals surface area contributed by atoms with Crippen LogP contribution in [0.1, 0.15) is 53.9 Å². The van der Waals surface area contributed by atoms with Crippen LogP contribution in [0.3, 0.4) is 0 Å². The van der Waals surface area contributed by atoms with Crippen molar-refractivity contribution in [3.05, 3.63) is 11.6 Å². The Kier molecular flexibility index (Phi) is 3.68. The van der Waals surface area contributed by atoms with E-state index in [1.54, 1.807) is 0 Å². The lowest BCUT2D eigenvalue weighted by Gasteiger charge is -2.18. The van der Waals surface area contributed by atoms with Crippen LogP contribution in [0.5, 0.6) is 0 Å². The maximum atomic E-state index is 6.01. The number of hydrogen-bond donors (Lipinski definition) is 0. The maximum absolute atomic E-state index is 6.01. The predicted molar refractivity (Wildman–Crippen MR) is 72.9 cm³/mol. The second-order valence-electron chi connectivity index (χ2n) is 7.29. The Morgan fingerprint density at radius 1 is 1.24 bits per heavy atom. The average Bonchev–Trinajstić information content (AvgIpc) is 2.85. The molecule has 3 unspecified atom stereocenters. The van der Waals surface area contributed by atoms with E-state index in [9.17, 15) is 0 Å². The van der Waals surface area contributed by atoms with E-state index in [1.165, 1.54) is 24.8 Å². The van der Waals surface area contributed by atoms with Crippen LogP contribution >= 0.6 is 0 Å². The molecule has 1 aliphatic heterocycles. The van der Waals surface area contributed by atoms with Gasteiger partial charge in [0.1, 0.15) is 0 Å². The molecule has 0 N–H and O–H groups in total. The van der Waals surface area contributed by atoms with Crippen molar-refractivity contribution >= 4 is 0 Å². The number of hydrogen-bond acceptors (Lipinski definition) is 1. The molecule has 17 heavy (non-hydrogen) atoms. The topological polar surface area (TPSA) is 9.23 Å². The van der Waals surface area contributed by atoms with Gasteiger partial charge in [0, 0.05) is 0 Å². The maximum Gasteiger partial charge on any atom is 0.0792 e. The van der Waals surface area contributed by atoms with Crippen molar-refractivity contribution in [2.24, 2.45) is 23.2 Å². The van der Waals surface area contributed by atoms with Gasteiger partial charge >= 0.3 is 0 Å². The Labute approximate surface area is 107 Å². The van der Waals surface area contributed by atoms with Crippen molar-refractivity contribution in [3.63, 3.8) is 0 Å². The van der Waals surface area contributed by atoms with Gasteiger partial charge in [0.05, 0.1) is 12.7 Å². The monoisotopic (exact) mass is 236 g/mol. The third kappa shape index (κ3) is 2.93. The average molecular weight is 236 g/mol. The Bertz CT molecular complexity index is 295. The molecule has 0 aromatic rings. The molecule has 1 aliphatic carbocycles. The summed E-state index contributed by atoms with van der Waals surface area (Å²) in [6, 6.07) is 0. The van der Waals surface area contributed by atoms with Crippen LogP contribution in [0.2, 0.25) is 0 Å². The molecule has 98 valence electrons. The van der Waals surface area contributed by atoms with E-state index in [2.05, 4.69) is 40.7 Å². The first-order valence-electron chi connectivity index (χ1n) is 7.20. The molecule has 2 aliphatic rings. The van der Waals surface area contributed by atoms with Crippen molar-refractivity contribution in [2.75, 3.05) is 6.61 Å². The highest BCUT2D eigenvalue weighted by molar-refractivity contribution is 5.18. The molecule has 0 spiro atoms. The van der Waals surface area contributed by atoms with Crippen LogP contribution in [-0.4, -0.2) is 12.7 Å². The van der Waals surface area contributed by atoms with Gasteiger partial charge in [-0.25, -0.2) is 0 Å². The molecule has 0 aromatic heterocycles. The number of ether oxygens (including phenoxy) is 1. The summed E-state index contributed by atoms with van der Waals surface area (Å²) in [7, 11) is 0. The van der Waals surface area contributed by atoms with Crippen LogP contribution in [0.15, 0.2) is 11.6 Å². The Balaban J connectivity index is 1.96. The highest BCUT2D eigenvalue weighted by Gasteiger charge is 2.35. The van der Waals surface area contributed by atoms with E-state index in [-0.39, 0.29) is 5.41 Å². The normalized spacial score (nSPS) is 34.5. The van der Waals surface area contributed by atoms with Gasteiger partial charge in [-0.2, -0.15) is 0 Å². The summed E-state index contributed by atoms with van der Waals surface area (Å²) in [4.78, 5) is 0. The lowest BCUT2D eigenvalue weighted by Crippen LogP contribution is -2.17. The van der Waals surface area contributed by atoms with Crippen LogP contribution in [0.25, 0.3) is 0 Å². The molecule has 3 atom stereocenters. The molecular weight excluding hydrogens is 208 g/mol. The second-order valence-corrected chi connectivity index (χ2v) is 7.29. The first kappa shape index (κ1) is 13.1. The minimum absolute atomic E-state index is 0.283. The third-order valence-electron chi connectivity index (χ3n) is 4.68. The van der Waals surface area contributed by atoms with Gasteiger partial charge < -0.3 is 4.74 Å². The molecule has 1 heteroatoms. The predicted octanol–water partition coefficient (Wildman–Crippen LogP) is 4.43. The minimum Gasteiger partial charge on any atom is -0.369 e. The summed E-state index contributed by atoms with van der Waals surface area (Å²) in [5.74, 6) is 2.55. The third-order valence-corrected chi connectivity index (χ3v) is 4.68. The highest BCUT2D eigenvalue weighted by Crippen LogP contribution is 2.41. The van der Waals surface area contributed by atoms with Crippen LogP contribution < -0.4 is 0 Å². The van der Waals surface area contributed by atoms with Crippen molar-refractivity contribution < 1.29 is 4.74 Å². The summed E-state index contributed by atoms with van der Waals surface area (Å²) in [6.45, 7) is 12.4. The van der Waals surface area contributed by atoms with Crippen molar-refractivity contribution in [2.45, 2.75) is 60.0 Å². The molecule has 1 heterocycles. The summed E-state index contributed by atoms with van der Waals surface area (Å²) >= 11 is 0. The molecule has 2 rings (SSSR count). The molecule has 0 bridgehead atoms. The Hall–Kier alpha value is -0.300. The lowest BCUT2D eigenvalue weighted by atomic mass is 9.85. The summed E-state index contributed by atoms with van der Waals surface area (Å²) in [5, 5.41) is 0. The summed E-state index contributed by atoms with van der Waals surface area (Å²) in [6.07, 6.45) is 6.97. The smallest absolute Gasteiger partial charge is 0.0792 e. The first-order chi connectivity index (χ1) is 7.88. The fraction of sp³-hybridized carbons (Fsp3) is 0.875. The van der Waals surface area contributed by atoms with Gasteiger partial charge in [0.15, 0.2) is 0 Å². The van der Waals surface area contributed by atoms with Gasteiger partial charge in [-0.15, -0.1) is 0 Å². The van der Waals surface area contributed by atoms with E-state index in [0.29, 0.717) is 6.10 Å². The molecule has 1 saturated carbocycles. The summed E-state index contributed by atoms with van der Waals surface area (Å²) < 4.78 is 6.01. The molecule has 0 aromatic carbocycles. The molecule has 0 radical (unpaired) electrons. The Morgan fingerprint density at radius 3 is 2.41 bits per heavy atom. The zero-order chi connectivity index (χ0) is 12.6. The second kappa shape index (κ2) is 4.76. The zero-order valence-electron chi connectivity index (χ0n) is 12.1. The van der Waals surface area contributed by atoms with Crippen molar-refractivity contribution in [1.29, 1.82) is 0 Å². The quantitative estimate of drug-likeness (QED) is 0.644. The summed E-state index contributed by atoms with van der Waals surface area (Å²) in [5.41, 5.74) is 1.78. The molecule has 1 fully saturated rings. The lowest BCUT2D eigenvalue weighted by molar-refractivity contribution is 0.0754. The van der Waals surface area contributed by atoms with E-state index < -0.39 is 0 Å². The fourth-order valence-corrected chi connectivity index (χ4v) is 3.18. The molecule has 1 nitrogen and oxygen atoms in total. The van der Waals surface area contributed by atoms with Crippen LogP contribution in [0, 0.1) is 23.2 Å². The Morgan fingerprint density at radius 2 is 1.94 bits per heavy atom. The van der Waals surface area contributed by atoms with Gasteiger partial charge in [0.25, 0.3) is 0 Å². The van der Waals surface area contributed by atoms with Crippen molar-refractivity contribution in [3.8, 4) is 0 Å². The van der Waals surface area contributed by atoms with E-state index in [0.717, 1.165) is 24.4 Å². The molecule has 0 saturated heterocycles. The van der Waals surface area contributed by atoms with Gasteiger partial charge in [-0.3, -0.25) is 0 Å².